The van der Waals surface area contributed by atoms with Crippen LogP contribution in [0.5, 0.6) is 11.5 Å². The highest BCUT2D eigenvalue weighted by atomic mass is 35.5. The van der Waals surface area contributed by atoms with E-state index in [0.29, 0.717) is 41.1 Å². The van der Waals surface area contributed by atoms with Crippen molar-refractivity contribution in [1.29, 1.82) is 0 Å². The molecule has 0 atom stereocenters. The number of hydrogen-bond donors (Lipinski definition) is 3. The third-order valence-corrected chi connectivity index (χ3v) is 6.88. The van der Waals surface area contributed by atoms with Gasteiger partial charge in [-0.05, 0) is 50.7 Å². The molecule has 11 nitrogen and oxygen atoms in total. The maximum Gasteiger partial charge on any atom is 0.327 e. The minimum Gasteiger partial charge on any atom is -0.495 e. The van der Waals surface area contributed by atoms with Crippen molar-refractivity contribution in [3.63, 3.8) is 0 Å². The van der Waals surface area contributed by atoms with E-state index in [2.05, 4.69) is 32.5 Å². The molecular weight excluding hydrogens is 569 g/mol. The molecule has 41 heavy (non-hydrogen) atoms. The van der Waals surface area contributed by atoms with Crippen LogP contribution >= 0.6 is 23.2 Å². The number of ether oxygens (including phenoxy) is 2. The predicted octanol–water partition coefficient (Wildman–Crippen LogP) is 5.93. The van der Waals surface area contributed by atoms with Crippen LogP contribution < -0.4 is 30.3 Å². The molecule has 2 aromatic carbocycles. The van der Waals surface area contributed by atoms with E-state index in [1.807, 2.05) is 37.2 Å². The van der Waals surface area contributed by atoms with Crippen molar-refractivity contribution in [1.82, 2.24) is 14.9 Å². The number of carbonyl (C=O) groups is 2. The molecule has 1 aromatic heterocycles. The summed E-state index contributed by atoms with van der Waals surface area (Å²) in [7, 11) is 6.84. The number of carbonyl (C=O) groups excluding carboxylic acids is 2. The molecule has 1 aliphatic rings. The van der Waals surface area contributed by atoms with E-state index in [9.17, 15) is 9.59 Å². The first kappa shape index (κ1) is 29.9. The van der Waals surface area contributed by atoms with Gasteiger partial charge in [-0.15, -0.1) is 0 Å². The maximum atomic E-state index is 13.6. The second-order valence-electron chi connectivity index (χ2n) is 9.51. The first-order chi connectivity index (χ1) is 19.6. The minimum absolute atomic E-state index is 0.0736. The molecule has 0 unspecified atom stereocenters. The summed E-state index contributed by atoms with van der Waals surface area (Å²) in [5, 5.41) is 9.13. The number of halogens is 2. The third kappa shape index (κ3) is 7.18. The molecule has 13 heteroatoms. The Hall–Kier alpha value is -4.06. The number of aromatic nitrogens is 2. The number of methoxy groups -OCH3 is 2. The van der Waals surface area contributed by atoms with Gasteiger partial charge in [-0.1, -0.05) is 35.8 Å². The number of benzene rings is 2. The molecule has 1 heterocycles. The van der Waals surface area contributed by atoms with Crippen molar-refractivity contribution in [2.24, 2.45) is 0 Å². The summed E-state index contributed by atoms with van der Waals surface area (Å²) in [6.07, 6.45) is 4.16. The summed E-state index contributed by atoms with van der Waals surface area (Å²) in [6, 6.07) is 8.32. The van der Waals surface area contributed by atoms with Gasteiger partial charge in [0.1, 0.15) is 39.5 Å². The van der Waals surface area contributed by atoms with E-state index in [1.165, 1.54) is 31.5 Å². The largest absolute Gasteiger partial charge is 0.495 e. The Bertz CT molecular complexity index is 1440. The Morgan fingerprint density at radius 1 is 1.02 bits per heavy atom. The summed E-state index contributed by atoms with van der Waals surface area (Å²) < 4.78 is 10.6. The van der Waals surface area contributed by atoms with Gasteiger partial charge >= 0.3 is 6.03 Å². The average Bonchev–Trinajstić information content (AvgIpc) is 3.78. The monoisotopic (exact) mass is 599 g/mol. The van der Waals surface area contributed by atoms with Gasteiger partial charge in [-0.3, -0.25) is 9.69 Å². The predicted molar refractivity (Wildman–Crippen MR) is 162 cm³/mol. The first-order valence-corrected chi connectivity index (χ1v) is 13.4. The van der Waals surface area contributed by atoms with Crippen LogP contribution in [0, 0.1) is 0 Å². The van der Waals surface area contributed by atoms with Crippen molar-refractivity contribution in [2.75, 3.05) is 49.2 Å². The summed E-state index contributed by atoms with van der Waals surface area (Å²) in [6.45, 7) is 4.22. The molecule has 0 bridgehead atoms. The normalized spacial score (nSPS) is 12.5. The van der Waals surface area contributed by atoms with E-state index < -0.39 is 6.03 Å². The van der Waals surface area contributed by atoms with E-state index in [-0.39, 0.29) is 27.7 Å². The molecule has 3 aromatic rings. The summed E-state index contributed by atoms with van der Waals surface area (Å²) in [4.78, 5) is 37.9. The number of anilines is 5. The Labute approximate surface area is 248 Å². The number of rotatable bonds is 11. The molecule has 0 radical (unpaired) electrons. The molecule has 3 N–H and O–H groups in total. The highest BCUT2D eigenvalue weighted by Gasteiger charge is 2.36. The summed E-state index contributed by atoms with van der Waals surface area (Å²) >= 11 is 13.0. The quantitative estimate of drug-likeness (QED) is 0.232. The van der Waals surface area contributed by atoms with Crippen molar-refractivity contribution < 1.29 is 19.1 Å². The van der Waals surface area contributed by atoms with Gasteiger partial charge in [0.25, 0.3) is 0 Å². The third-order valence-electron chi connectivity index (χ3n) is 6.12. The van der Waals surface area contributed by atoms with Crippen LogP contribution in [0.2, 0.25) is 10.0 Å². The molecule has 3 amide bonds. The first-order valence-electron chi connectivity index (χ1n) is 12.7. The number of amides is 3. The van der Waals surface area contributed by atoms with Crippen LogP contribution in [0.3, 0.4) is 0 Å². The van der Waals surface area contributed by atoms with Crippen LogP contribution in [0.4, 0.5) is 33.5 Å². The van der Waals surface area contributed by atoms with Gasteiger partial charge in [0, 0.05) is 24.7 Å². The Balaban J connectivity index is 1.63. The standard InChI is InChI=1S/C28H31Cl2N7O4/c1-6-24(38)34-19-11-16(14-36(2)3)7-10-18(19)33-22-13-23(32-15-31-22)37(17-8-9-17)28(39)35-27-25(29)20(40-4)12-21(41-5)26(27)30/h6-7,10-13,15,17H,1,8-9,14H2,2-5H3,(H,34,38)(H,35,39)(H,31,32,33). The molecular formula is C28H31Cl2N7O4. The van der Waals surface area contributed by atoms with Gasteiger partial charge in [-0.2, -0.15) is 0 Å². The summed E-state index contributed by atoms with van der Waals surface area (Å²) in [5.41, 5.74) is 2.33. The highest BCUT2D eigenvalue weighted by Crippen LogP contribution is 2.44. The lowest BCUT2D eigenvalue weighted by atomic mass is 10.1. The van der Waals surface area contributed by atoms with Gasteiger partial charge in [-0.25, -0.2) is 14.8 Å². The number of hydrogen-bond acceptors (Lipinski definition) is 8. The SMILES string of the molecule is C=CC(=O)Nc1cc(CN(C)C)ccc1Nc1cc(N(C(=O)Nc2c(Cl)c(OC)cc(OC)c2Cl)C2CC2)ncn1. The second kappa shape index (κ2) is 13.1. The fourth-order valence-corrected chi connectivity index (χ4v) is 4.68. The molecule has 0 aliphatic heterocycles. The van der Waals surface area contributed by atoms with Crippen LogP contribution in [-0.2, 0) is 11.3 Å². The molecule has 1 saturated carbocycles. The molecule has 1 aliphatic carbocycles. The molecule has 0 saturated heterocycles. The van der Waals surface area contributed by atoms with Gasteiger partial charge in [0.2, 0.25) is 5.91 Å². The lowest BCUT2D eigenvalue weighted by Gasteiger charge is -2.24. The Kier molecular flexibility index (Phi) is 9.53. The minimum atomic E-state index is -0.483. The topological polar surface area (TPSA) is 121 Å². The number of nitrogens with zero attached hydrogens (tertiary/aromatic N) is 4. The van der Waals surface area contributed by atoms with Crippen LogP contribution in [-0.4, -0.2) is 61.2 Å². The van der Waals surface area contributed by atoms with E-state index in [0.717, 1.165) is 18.4 Å². The lowest BCUT2D eigenvalue weighted by Crippen LogP contribution is -2.37. The Morgan fingerprint density at radius 2 is 1.71 bits per heavy atom. The van der Waals surface area contributed by atoms with Gasteiger partial charge < -0.3 is 30.3 Å². The van der Waals surface area contributed by atoms with Crippen LogP contribution in [0.25, 0.3) is 0 Å². The number of nitrogens with one attached hydrogen (secondary N) is 3. The van der Waals surface area contributed by atoms with Crippen LogP contribution in [0.15, 0.2) is 49.3 Å². The average molecular weight is 601 g/mol. The van der Waals surface area contributed by atoms with E-state index >= 15 is 0 Å². The fourth-order valence-electron chi connectivity index (χ4n) is 4.09. The molecule has 4 rings (SSSR count). The maximum absolute atomic E-state index is 13.6. The Morgan fingerprint density at radius 3 is 2.29 bits per heavy atom. The van der Waals surface area contributed by atoms with Gasteiger partial charge in [0.15, 0.2) is 0 Å². The molecule has 216 valence electrons. The van der Waals surface area contributed by atoms with Crippen molar-refractivity contribution in [3.8, 4) is 11.5 Å². The molecule has 0 spiro atoms. The van der Waals surface area contributed by atoms with E-state index in [1.54, 1.807) is 12.1 Å². The zero-order chi connectivity index (χ0) is 29.7. The van der Waals surface area contributed by atoms with E-state index in [4.69, 9.17) is 32.7 Å². The van der Waals surface area contributed by atoms with Crippen LogP contribution in [0.1, 0.15) is 18.4 Å². The fraction of sp³-hybridized carbons (Fsp3) is 0.286. The lowest BCUT2D eigenvalue weighted by molar-refractivity contribution is -0.111. The van der Waals surface area contributed by atoms with Crippen molar-refractivity contribution in [2.45, 2.75) is 25.4 Å². The zero-order valence-electron chi connectivity index (χ0n) is 23.1. The van der Waals surface area contributed by atoms with Crippen molar-refractivity contribution in [3.05, 3.63) is 64.9 Å². The zero-order valence-corrected chi connectivity index (χ0v) is 24.6. The number of urea groups is 1. The molecule has 1 fully saturated rings. The second-order valence-corrected chi connectivity index (χ2v) is 10.3. The van der Waals surface area contributed by atoms with Gasteiger partial charge in [0.05, 0.1) is 31.3 Å². The van der Waals surface area contributed by atoms with Crippen molar-refractivity contribution >= 4 is 63.8 Å². The smallest absolute Gasteiger partial charge is 0.327 e. The highest BCUT2D eigenvalue weighted by molar-refractivity contribution is 6.41. The summed E-state index contributed by atoms with van der Waals surface area (Å²) in [5.74, 6) is 1.03.